The predicted molar refractivity (Wildman–Crippen MR) is 71.8 cm³/mol. The Kier molecular flexibility index (Phi) is 14.1. The molecular weight excluding hydrogens is 296 g/mol. The van der Waals surface area contributed by atoms with Crippen LogP contribution in [-0.2, 0) is 45.5 Å². The fraction of sp³-hybridized carbons (Fsp3) is 0.857. The molecule has 0 fully saturated rings. The molecule has 0 amide bonds. The van der Waals surface area contributed by atoms with Gasteiger partial charge in [0.1, 0.15) is 5.78 Å². The van der Waals surface area contributed by atoms with Crippen LogP contribution in [0.5, 0.6) is 0 Å². The van der Waals surface area contributed by atoms with Crippen LogP contribution in [-0.4, -0.2) is 37.4 Å². The second-order valence-electron chi connectivity index (χ2n) is 4.40. The molecule has 0 spiro atoms. The summed E-state index contributed by atoms with van der Waals surface area (Å²) in [5, 5.41) is 0. The minimum atomic E-state index is -1.71. The third-order valence-corrected chi connectivity index (χ3v) is 2.24. The fourth-order valence-corrected chi connectivity index (χ4v) is 1.41. The molecule has 5 nitrogen and oxygen atoms in total. The van der Waals surface area contributed by atoms with Crippen LogP contribution in [0.3, 0.4) is 0 Å². The second-order valence-corrected chi connectivity index (χ2v) is 4.40. The van der Waals surface area contributed by atoms with Crippen LogP contribution in [0.4, 0.5) is 0 Å². The summed E-state index contributed by atoms with van der Waals surface area (Å²) in [5.74, 6) is -2.40. The number of ether oxygens (including phenoxy) is 3. The van der Waals surface area contributed by atoms with Crippen molar-refractivity contribution in [2.45, 2.75) is 59.4 Å². The first-order valence-corrected chi connectivity index (χ1v) is 6.97. The first-order chi connectivity index (χ1) is 9.02. The van der Waals surface area contributed by atoms with E-state index in [1.165, 1.54) is 6.92 Å². The topological polar surface area (TPSA) is 61.8 Å². The van der Waals surface area contributed by atoms with Gasteiger partial charge in [-0.1, -0.05) is 20.8 Å². The first-order valence-electron chi connectivity index (χ1n) is 6.97. The molecule has 0 N–H and O–H groups in total. The van der Waals surface area contributed by atoms with Crippen molar-refractivity contribution in [3.8, 4) is 0 Å². The minimum Gasteiger partial charge on any atom is -0.321 e. The summed E-state index contributed by atoms with van der Waals surface area (Å²) in [6.07, 6.45) is 1.97. The number of Topliss-reactive ketones (excluding diaryl/α,β-unsaturated/α-hetero) is 2. The molecule has 0 aliphatic heterocycles. The zero-order valence-electron chi connectivity index (χ0n) is 13.0. The molecule has 6 heteroatoms. The average molecular weight is 322 g/mol. The molecule has 0 saturated heterocycles. The van der Waals surface area contributed by atoms with Crippen LogP contribution in [0.2, 0.25) is 0 Å². The van der Waals surface area contributed by atoms with Gasteiger partial charge in [-0.15, -0.1) is 0 Å². The Bertz CT molecular complexity index is 259. The molecule has 0 rings (SSSR count). The van der Waals surface area contributed by atoms with Crippen molar-refractivity contribution in [1.29, 1.82) is 0 Å². The fourth-order valence-electron chi connectivity index (χ4n) is 1.41. The maximum Gasteiger partial charge on any atom is 0.347 e. The van der Waals surface area contributed by atoms with Crippen LogP contribution in [0.1, 0.15) is 53.4 Å². The number of hydrogen-bond acceptors (Lipinski definition) is 5. The van der Waals surface area contributed by atoms with Gasteiger partial charge in [0.15, 0.2) is 0 Å². The smallest absolute Gasteiger partial charge is 0.321 e. The molecule has 0 saturated carbocycles. The third kappa shape index (κ3) is 8.27. The van der Waals surface area contributed by atoms with Crippen LogP contribution >= 0.6 is 0 Å². The van der Waals surface area contributed by atoms with Gasteiger partial charge in [0.2, 0.25) is 5.78 Å². The van der Waals surface area contributed by atoms with Gasteiger partial charge in [-0.3, -0.25) is 9.59 Å². The molecule has 0 aromatic carbocycles. The van der Waals surface area contributed by atoms with Gasteiger partial charge in [0, 0.05) is 21.7 Å². The van der Waals surface area contributed by atoms with Gasteiger partial charge in [-0.05, 0) is 26.2 Å². The Morgan fingerprint density at radius 3 is 1.45 bits per heavy atom. The molecule has 0 aliphatic rings. The quantitative estimate of drug-likeness (QED) is 0.314. The Labute approximate surface area is 136 Å². The number of hydrogen-bond donors (Lipinski definition) is 0. The standard InChI is InChI=1S/C14H26O5.Ti/c1-5-8-17-14(18-9-6-2,19-10-7-3)13(16)11-12(4)15;/h5-11H2,1-4H3;. The van der Waals surface area contributed by atoms with Crippen molar-refractivity contribution in [2.75, 3.05) is 19.8 Å². The van der Waals surface area contributed by atoms with Gasteiger partial charge in [0.25, 0.3) is 0 Å². The van der Waals surface area contributed by atoms with E-state index in [2.05, 4.69) is 0 Å². The van der Waals surface area contributed by atoms with E-state index >= 15 is 0 Å². The van der Waals surface area contributed by atoms with E-state index in [1.54, 1.807) is 0 Å². The van der Waals surface area contributed by atoms with Crippen molar-refractivity contribution < 1.29 is 45.5 Å². The molecule has 0 heterocycles. The summed E-state index contributed by atoms with van der Waals surface area (Å²) in [6, 6.07) is 0. The molecule has 0 aliphatic carbocycles. The summed E-state index contributed by atoms with van der Waals surface area (Å²) >= 11 is 0. The van der Waals surface area contributed by atoms with Gasteiger partial charge in [-0.25, -0.2) is 0 Å². The summed E-state index contributed by atoms with van der Waals surface area (Å²) in [7, 11) is 0. The van der Waals surface area contributed by atoms with Crippen molar-refractivity contribution in [3.63, 3.8) is 0 Å². The SMILES string of the molecule is CCCOC(OCCC)(OCCC)C(=O)CC(C)=O.[Ti]. The Hall–Kier alpha value is -0.0657. The van der Waals surface area contributed by atoms with E-state index in [4.69, 9.17) is 14.2 Å². The van der Waals surface area contributed by atoms with E-state index in [0.717, 1.165) is 19.3 Å². The van der Waals surface area contributed by atoms with Crippen LogP contribution in [0.25, 0.3) is 0 Å². The predicted octanol–water partition coefficient (Wildman–Crippen LogP) is 2.47. The monoisotopic (exact) mass is 322 g/mol. The van der Waals surface area contributed by atoms with Crippen LogP contribution in [0, 0.1) is 0 Å². The molecule has 0 aromatic heterocycles. The summed E-state index contributed by atoms with van der Waals surface area (Å²) < 4.78 is 16.5. The van der Waals surface area contributed by atoms with E-state index in [9.17, 15) is 9.59 Å². The summed E-state index contributed by atoms with van der Waals surface area (Å²) in [5.41, 5.74) is 0. The minimum absolute atomic E-state index is 0. The number of rotatable bonds is 12. The van der Waals surface area contributed by atoms with Gasteiger partial charge in [0.05, 0.1) is 26.2 Å². The molecule has 116 valence electrons. The molecule has 0 radical (unpaired) electrons. The summed E-state index contributed by atoms with van der Waals surface area (Å²) in [6.45, 7) is 8.19. The van der Waals surface area contributed by atoms with Crippen LogP contribution < -0.4 is 0 Å². The Balaban J connectivity index is 0. The van der Waals surface area contributed by atoms with Crippen molar-refractivity contribution in [1.82, 2.24) is 0 Å². The number of carbonyl (C=O) groups excluding carboxylic acids is 2. The normalized spacial score (nSPS) is 11.0. The third-order valence-electron chi connectivity index (χ3n) is 2.24. The zero-order valence-corrected chi connectivity index (χ0v) is 14.6. The van der Waals surface area contributed by atoms with Crippen molar-refractivity contribution >= 4 is 11.6 Å². The first kappa shape index (κ1) is 22.2. The van der Waals surface area contributed by atoms with Crippen molar-refractivity contribution in [2.24, 2.45) is 0 Å². The Morgan fingerprint density at radius 2 is 1.20 bits per heavy atom. The van der Waals surface area contributed by atoms with E-state index in [0.29, 0.717) is 19.8 Å². The van der Waals surface area contributed by atoms with Gasteiger partial charge < -0.3 is 14.2 Å². The van der Waals surface area contributed by atoms with E-state index in [1.807, 2.05) is 20.8 Å². The molecule has 0 bridgehead atoms. The number of ketones is 2. The molecular formula is C14H26O5Ti. The maximum atomic E-state index is 12.2. The van der Waals surface area contributed by atoms with Crippen LogP contribution in [0.15, 0.2) is 0 Å². The molecule has 0 atom stereocenters. The molecule has 0 unspecified atom stereocenters. The van der Waals surface area contributed by atoms with Crippen molar-refractivity contribution in [3.05, 3.63) is 0 Å². The molecule has 20 heavy (non-hydrogen) atoms. The largest absolute Gasteiger partial charge is 0.347 e. The van der Waals surface area contributed by atoms with Gasteiger partial charge >= 0.3 is 5.97 Å². The summed E-state index contributed by atoms with van der Waals surface area (Å²) in [4.78, 5) is 23.3. The average Bonchev–Trinajstić information content (AvgIpc) is 2.37. The van der Waals surface area contributed by atoms with E-state index < -0.39 is 11.8 Å². The number of carbonyl (C=O) groups is 2. The Morgan fingerprint density at radius 1 is 0.850 bits per heavy atom. The second kappa shape index (κ2) is 12.7. The van der Waals surface area contributed by atoms with Gasteiger partial charge in [-0.2, -0.15) is 0 Å². The maximum absolute atomic E-state index is 12.2. The molecule has 0 aromatic rings. The van der Waals surface area contributed by atoms with E-state index in [-0.39, 0.29) is 33.9 Å². The zero-order chi connectivity index (χ0) is 14.7.